The van der Waals surface area contributed by atoms with E-state index in [1.165, 1.54) is 36.8 Å². The van der Waals surface area contributed by atoms with Crippen molar-refractivity contribution in [2.75, 3.05) is 13.7 Å². The van der Waals surface area contributed by atoms with Crippen LogP contribution in [0.25, 0.3) is 17.4 Å². The molecular formula is C30H25N3O9S. The molecule has 0 fully saturated rings. The molecule has 1 aliphatic rings. The molecule has 0 bridgehead atoms. The number of hydrogen-bond donors (Lipinski definition) is 0. The van der Waals surface area contributed by atoms with E-state index in [9.17, 15) is 24.5 Å². The van der Waals surface area contributed by atoms with Crippen LogP contribution >= 0.6 is 11.3 Å². The molecule has 4 aromatic rings. The number of thiazole rings is 1. The lowest BCUT2D eigenvalue weighted by atomic mass is 9.95. The van der Waals surface area contributed by atoms with Gasteiger partial charge in [-0.15, -0.1) is 0 Å². The molecule has 220 valence electrons. The Morgan fingerprint density at radius 2 is 1.93 bits per heavy atom. The topological polar surface area (TPSA) is 152 Å². The standard InChI is InChI=1S/C30H25N3O9S/c1-5-40-29(36)26-16(2)31-30-32(27(26)18-10-12-23(41-17(3)34)24(14-18)39-4)28(35)25(43-30)15-19-11-13-22(42-19)20-8-6-7-9-21(20)33(37)38/h6-15,27H,5H2,1-4H3/b25-15+. The highest BCUT2D eigenvalue weighted by Crippen LogP contribution is 2.36. The second kappa shape index (κ2) is 11.9. The van der Waals surface area contributed by atoms with E-state index in [0.29, 0.717) is 27.4 Å². The molecule has 2 aromatic heterocycles. The number of rotatable bonds is 8. The summed E-state index contributed by atoms with van der Waals surface area (Å²) in [5, 5.41) is 11.5. The maximum atomic E-state index is 13.9. The molecule has 1 unspecified atom stereocenters. The number of fused-ring (bicyclic) bond motifs is 1. The molecule has 0 amide bonds. The van der Waals surface area contributed by atoms with Gasteiger partial charge in [-0.3, -0.25) is 24.3 Å². The predicted molar refractivity (Wildman–Crippen MR) is 156 cm³/mol. The number of carbonyl (C=O) groups excluding carboxylic acids is 2. The summed E-state index contributed by atoms with van der Waals surface area (Å²) in [4.78, 5) is 54.5. The van der Waals surface area contributed by atoms with E-state index in [4.69, 9.17) is 18.6 Å². The molecule has 5 rings (SSSR count). The van der Waals surface area contributed by atoms with Gasteiger partial charge < -0.3 is 18.6 Å². The third kappa shape index (κ3) is 5.62. The lowest BCUT2D eigenvalue weighted by Gasteiger charge is -2.25. The van der Waals surface area contributed by atoms with Crippen LogP contribution in [-0.2, 0) is 14.3 Å². The van der Waals surface area contributed by atoms with E-state index in [2.05, 4.69) is 4.99 Å². The second-order valence-electron chi connectivity index (χ2n) is 9.28. The van der Waals surface area contributed by atoms with Crippen molar-refractivity contribution >= 4 is 35.0 Å². The first kappa shape index (κ1) is 29.2. The molecule has 43 heavy (non-hydrogen) atoms. The van der Waals surface area contributed by atoms with Gasteiger partial charge in [0.05, 0.1) is 46.0 Å². The number of carbonyl (C=O) groups is 2. The Morgan fingerprint density at radius 1 is 1.16 bits per heavy atom. The van der Waals surface area contributed by atoms with Gasteiger partial charge in [-0.2, -0.15) is 0 Å². The summed E-state index contributed by atoms with van der Waals surface area (Å²) in [7, 11) is 1.41. The number of hydrogen-bond acceptors (Lipinski definition) is 11. The summed E-state index contributed by atoms with van der Waals surface area (Å²) in [6.07, 6.45) is 1.52. The number of para-hydroxylation sites is 1. The Hall–Kier alpha value is -5.30. The summed E-state index contributed by atoms with van der Waals surface area (Å²) < 4.78 is 23.5. The Balaban J connectivity index is 1.65. The van der Waals surface area contributed by atoms with Crippen LogP contribution in [0.5, 0.6) is 11.5 Å². The Labute approximate surface area is 247 Å². The van der Waals surface area contributed by atoms with Gasteiger partial charge >= 0.3 is 11.9 Å². The molecule has 0 spiro atoms. The molecule has 13 heteroatoms. The minimum Gasteiger partial charge on any atom is -0.493 e. The molecule has 0 N–H and O–H groups in total. The minimum atomic E-state index is -0.933. The van der Waals surface area contributed by atoms with Crippen LogP contribution in [0, 0.1) is 10.1 Å². The van der Waals surface area contributed by atoms with Crippen molar-refractivity contribution in [1.82, 2.24) is 4.57 Å². The first-order valence-corrected chi connectivity index (χ1v) is 13.8. The number of nitro benzene ring substituents is 1. The first-order valence-electron chi connectivity index (χ1n) is 13.0. The monoisotopic (exact) mass is 603 g/mol. The van der Waals surface area contributed by atoms with Crippen molar-refractivity contribution in [3.8, 4) is 22.8 Å². The number of methoxy groups -OCH3 is 1. The summed E-state index contributed by atoms with van der Waals surface area (Å²) in [6.45, 7) is 4.71. The van der Waals surface area contributed by atoms with E-state index in [0.717, 1.165) is 11.3 Å². The smallest absolute Gasteiger partial charge is 0.338 e. The van der Waals surface area contributed by atoms with Crippen LogP contribution in [0.1, 0.15) is 38.1 Å². The van der Waals surface area contributed by atoms with Crippen molar-refractivity contribution in [1.29, 1.82) is 0 Å². The molecule has 2 aromatic carbocycles. The predicted octanol–water partition coefficient (Wildman–Crippen LogP) is 3.90. The van der Waals surface area contributed by atoms with E-state index < -0.39 is 28.5 Å². The zero-order chi connectivity index (χ0) is 30.8. The largest absolute Gasteiger partial charge is 0.493 e. The van der Waals surface area contributed by atoms with Crippen LogP contribution in [0.4, 0.5) is 5.69 Å². The molecule has 0 aliphatic carbocycles. The third-order valence-corrected chi connectivity index (χ3v) is 7.52. The van der Waals surface area contributed by atoms with Crippen LogP contribution in [0.15, 0.2) is 80.1 Å². The van der Waals surface area contributed by atoms with Crippen LogP contribution in [-0.4, -0.2) is 35.1 Å². The molecule has 3 heterocycles. The molecule has 12 nitrogen and oxygen atoms in total. The minimum absolute atomic E-state index is 0.111. The van der Waals surface area contributed by atoms with Gasteiger partial charge in [0.1, 0.15) is 11.5 Å². The number of esters is 2. The molecule has 0 radical (unpaired) electrons. The number of allylic oxidation sites excluding steroid dienone is 1. The summed E-state index contributed by atoms with van der Waals surface area (Å²) >= 11 is 1.09. The van der Waals surface area contributed by atoms with Crippen LogP contribution in [0.3, 0.4) is 0 Å². The fourth-order valence-corrected chi connectivity index (χ4v) is 5.77. The number of nitro groups is 1. The van der Waals surface area contributed by atoms with Gasteiger partial charge in [-0.25, -0.2) is 9.79 Å². The number of aromatic nitrogens is 1. The Morgan fingerprint density at radius 3 is 2.63 bits per heavy atom. The summed E-state index contributed by atoms with van der Waals surface area (Å²) in [6, 6.07) is 13.2. The number of furan rings is 1. The fourth-order valence-electron chi connectivity index (χ4n) is 4.75. The highest BCUT2D eigenvalue weighted by Gasteiger charge is 2.34. The summed E-state index contributed by atoms with van der Waals surface area (Å²) in [5.41, 5.74) is 0.772. The maximum Gasteiger partial charge on any atom is 0.338 e. The normalized spacial score (nSPS) is 14.6. The molecule has 0 saturated carbocycles. The zero-order valence-electron chi connectivity index (χ0n) is 23.5. The summed E-state index contributed by atoms with van der Waals surface area (Å²) in [5.74, 6) is -0.202. The van der Waals surface area contributed by atoms with Crippen molar-refractivity contribution in [3.05, 3.63) is 107 Å². The van der Waals surface area contributed by atoms with Crippen molar-refractivity contribution in [3.63, 3.8) is 0 Å². The van der Waals surface area contributed by atoms with Crippen molar-refractivity contribution in [2.24, 2.45) is 4.99 Å². The number of ether oxygens (including phenoxy) is 3. The highest BCUT2D eigenvalue weighted by atomic mass is 32.1. The zero-order valence-corrected chi connectivity index (χ0v) is 24.3. The van der Waals surface area contributed by atoms with Crippen LogP contribution in [0.2, 0.25) is 0 Å². The average Bonchev–Trinajstić information content (AvgIpc) is 3.56. The van der Waals surface area contributed by atoms with Crippen molar-refractivity contribution in [2.45, 2.75) is 26.8 Å². The first-order chi connectivity index (χ1) is 20.6. The fraction of sp³-hybridized carbons (Fsp3) is 0.200. The van der Waals surface area contributed by atoms with E-state index >= 15 is 0 Å². The van der Waals surface area contributed by atoms with Gasteiger partial charge in [0.25, 0.3) is 11.2 Å². The van der Waals surface area contributed by atoms with E-state index in [1.807, 2.05) is 0 Å². The second-order valence-corrected chi connectivity index (χ2v) is 10.3. The SMILES string of the molecule is CCOC(=O)C1=C(C)N=c2s/c(=C/c3ccc(-c4ccccc4[N+](=O)[O-])o3)c(=O)n2C1c1ccc(OC(C)=O)c(OC)c1. The lowest BCUT2D eigenvalue weighted by Crippen LogP contribution is -2.39. The molecule has 0 saturated heterocycles. The number of benzene rings is 2. The highest BCUT2D eigenvalue weighted by molar-refractivity contribution is 7.07. The van der Waals surface area contributed by atoms with Gasteiger partial charge in [0.2, 0.25) is 0 Å². The molecular weight excluding hydrogens is 578 g/mol. The van der Waals surface area contributed by atoms with E-state index in [-0.39, 0.29) is 39.7 Å². The lowest BCUT2D eigenvalue weighted by molar-refractivity contribution is -0.384. The molecule has 1 aliphatic heterocycles. The Kier molecular flexibility index (Phi) is 8.08. The average molecular weight is 604 g/mol. The third-order valence-electron chi connectivity index (χ3n) is 6.54. The molecule has 1 atom stereocenters. The van der Waals surface area contributed by atoms with Gasteiger partial charge in [-0.05, 0) is 49.7 Å². The van der Waals surface area contributed by atoms with Crippen molar-refractivity contribution < 1.29 is 33.1 Å². The van der Waals surface area contributed by atoms with Gasteiger partial charge in [-0.1, -0.05) is 29.5 Å². The van der Waals surface area contributed by atoms with E-state index in [1.54, 1.807) is 56.3 Å². The Bertz CT molecular complexity index is 1980. The maximum absolute atomic E-state index is 13.9. The van der Waals surface area contributed by atoms with Gasteiger partial charge in [0, 0.05) is 19.1 Å². The number of nitrogens with zero attached hydrogens (tertiary/aromatic N) is 3. The van der Waals surface area contributed by atoms with Gasteiger partial charge in [0.15, 0.2) is 16.3 Å². The quantitative estimate of drug-likeness (QED) is 0.126. The van der Waals surface area contributed by atoms with Crippen LogP contribution < -0.4 is 24.4 Å².